The lowest BCUT2D eigenvalue weighted by Crippen LogP contribution is -2.41. The van der Waals surface area contributed by atoms with Crippen LogP contribution >= 0.6 is 11.6 Å². The van der Waals surface area contributed by atoms with E-state index in [9.17, 15) is 9.59 Å². The van der Waals surface area contributed by atoms with Crippen LogP contribution in [-0.4, -0.2) is 41.5 Å². The second kappa shape index (κ2) is 7.70. The number of nitrogens with zero attached hydrogens (tertiary/aromatic N) is 2. The highest BCUT2D eigenvalue weighted by molar-refractivity contribution is 6.30. The topological polar surface area (TPSA) is 75.4 Å². The lowest BCUT2D eigenvalue weighted by molar-refractivity contribution is -0.119. The maximum Gasteiger partial charge on any atom is 0.276 e. The van der Waals surface area contributed by atoms with E-state index < -0.39 is 0 Å². The fraction of sp³-hybridized carbons (Fsp3) is 0.389. The van der Waals surface area contributed by atoms with Gasteiger partial charge in [-0.3, -0.25) is 9.59 Å². The van der Waals surface area contributed by atoms with Crippen LogP contribution in [0, 0.1) is 5.92 Å². The number of hydrogen-bond acceptors (Lipinski definition) is 4. The van der Waals surface area contributed by atoms with E-state index in [1.54, 1.807) is 23.1 Å². The first kappa shape index (κ1) is 17.5. The van der Waals surface area contributed by atoms with E-state index in [0.717, 1.165) is 18.4 Å². The molecule has 0 saturated carbocycles. The standard InChI is InChI=1S/C18H20ClN3O3/c1-12(23)20-11-13-5-7-22(8-6-13)18(24)16-10-17(25-21-16)14-3-2-4-15(19)9-14/h2-4,9-10,13H,5-8,11H2,1H3,(H,20,23). The van der Waals surface area contributed by atoms with Gasteiger partial charge in [-0.25, -0.2) is 0 Å². The molecule has 0 radical (unpaired) electrons. The smallest absolute Gasteiger partial charge is 0.276 e. The second-order valence-corrected chi connectivity index (χ2v) is 6.70. The molecule has 2 aromatic rings. The van der Waals surface area contributed by atoms with Gasteiger partial charge in [0.2, 0.25) is 5.91 Å². The molecule has 1 aliphatic rings. The molecular weight excluding hydrogens is 342 g/mol. The van der Waals surface area contributed by atoms with Gasteiger partial charge in [-0.2, -0.15) is 0 Å². The molecule has 1 fully saturated rings. The summed E-state index contributed by atoms with van der Waals surface area (Å²) in [6.45, 7) is 3.49. The average Bonchev–Trinajstić information content (AvgIpc) is 3.10. The molecule has 2 heterocycles. The number of aromatic nitrogens is 1. The number of likely N-dealkylation sites (tertiary alicyclic amines) is 1. The SMILES string of the molecule is CC(=O)NCC1CCN(C(=O)c2cc(-c3cccc(Cl)c3)on2)CC1. The zero-order valence-corrected chi connectivity index (χ0v) is 14.8. The van der Waals surface area contributed by atoms with E-state index in [2.05, 4.69) is 10.5 Å². The van der Waals surface area contributed by atoms with Crippen molar-refractivity contribution in [2.45, 2.75) is 19.8 Å². The summed E-state index contributed by atoms with van der Waals surface area (Å²) < 4.78 is 5.30. The maximum absolute atomic E-state index is 12.6. The molecule has 0 unspecified atom stereocenters. The molecule has 0 atom stereocenters. The number of rotatable bonds is 4. The highest BCUT2D eigenvalue weighted by Crippen LogP contribution is 2.25. The van der Waals surface area contributed by atoms with Crippen molar-refractivity contribution < 1.29 is 14.1 Å². The summed E-state index contributed by atoms with van der Waals surface area (Å²) in [4.78, 5) is 25.4. The molecule has 1 aromatic heterocycles. The summed E-state index contributed by atoms with van der Waals surface area (Å²) in [5.74, 6) is 0.781. The Labute approximate surface area is 151 Å². The van der Waals surface area contributed by atoms with Crippen molar-refractivity contribution in [3.63, 3.8) is 0 Å². The molecular formula is C18H20ClN3O3. The molecule has 6 nitrogen and oxygen atoms in total. The van der Waals surface area contributed by atoms with Gasteiger partial charge in [0, 0.05) is 43.2 Å². The first-order valence-corrected chi connectivity index (χ1v) is 8.67. The van der Waals surface area contributed by atoms with Gasteiger partial charge in [0.15, 0.2) is 11.5 Å². The lowest BCUT2D eigenvalue weighted by Gasteiger charge is -2.31. The predicted molar refractivity (Wildman–Crippen MR) is 94.3 cm³/mol. The van der Waals surface area contributed by atoms with Gasteiger partial charge in [0.25, 0.3) is 5.91 Å². The molecule has 25 heavy (non-hydrogen) atoms. The highest BCUT2D eigenvalue weighted by Gasteiger charge is 2.26. The number of carbonyl (C=O) groups excluding carboxylic acids is 2. The van der Waals surface area contributed by atoms with Crippen molar-refractivity contribution in [2.24, 2.45) is 5.92 Å². The molecule has 1 aliphatic heterocycles. The van der Waals surface area contributed by atoms with E-state index in [4.69, 9.17) is 16.1 Å². The van der Waals surface area contributed by atoms with Crippen LogP contribution in [0.2, 0.25) is 5.02 Å². The van der Waals surface area contributed by atoms with Crippen LogP contribution in [0.25, 0.3) is 11.3 Å². The molecule has 1 saturated heterocycles. The summed E-state index contributed by atoms with van der Waals surface area (Å²) in [6, 6.07) is 8.87. The van der Waals surface area contributed by atoms with Gasteiger partial charge in [-0.15, -0.1) is 0 Å². The Kier molecular flexibility index (Phi) is 5.38. The second-order valence-electron chi connectivity index (χ2n) is 6.26. The summed E-state index contributed by atoms with van der Waals surface area (Å²) >= 11 is 5.98. The van der Waals surface area contributed by atoms with Crippen LogP contribution < -0.4 is 5.32 Å². The van der Waals surface area contributed by atoms with Gasteiger partial charge >= 0.3 is 0 Å². The Balaban J connectivity index is 1.60. The van der Waals surface area contributed by atoms with Crippen molar-refractivity contribution in [3.05, 3.63) is 41.0 Å². The van der Waals surface area contributed by atoms with E-state index in [0.29, 0.717) is 42.0 Å². The van der Waals surface area contributed by atoms with Crippen LogP contribution in [0.4, 0.5) is 0 Å². The number of amides is 2. The minimum Gasteiger partial charge on any atom is -0.356 e. The van der Waals surface area contributed by atoms with Crippen molar-refractivity contribution in [2.75, 3.05) is 19.6 Å². The third kappa shape index (κ3) is 4.39. The predicted octanol–water partition coefficient (Wildman–Crippen LogP) is 2.98. The zero-order valence-electron chi connectivity index (χ0n) is 14.0. The third-order valence-electron chi connectivity index (χ3n) is 4.38. The van der Waals surface area contributed by atoms with Crippen molar-refractivity contribution in [1.29, 1.82) is 0 Å². The van der Waals surface area contributed by atoms with E-state index in [1.165, 1.54) is 6.92 Å². The van der Waals surface area contributed by atoms with Crippen LogP contribution in [0.1, 0.15) is 30.3 Å². The van der Waals surface area contributed by atoms with Crippen LogP contribution in [0.3, 0.4) is 0 Å². The number of carbonyl (C=O) groups is 2. The fourth-order valence-electron chi connectivity index (χ4n) is 2.94. The Bertz CT molecular complexity index is 766. The van der Waals surface area contributed by atoms with Crippen molar-refractivity contribution in [1.82, 2.24) is 15.4 Å². The molecule has 7 heteroatoms. The molecule has 0 bridgehead atoms. The van der Waals surface area contributed by atoms with E-state index in [1.807, 2.05) is 12.1 Å². The molecule has 3 rings (SSSR count). The fourth-order valence-corrected chi connectivity index (χ4v) is 3.13. The molecule has 1 aromatic carbocycles. The van der Waals surface area contributed by atoms with Gasteiger partial charge in [0.1, 0.15) is 0 Å². The number of halogens is 1. The van der Waals surface area contributed by atoms with Gasteiger partial charge < -0.3 is 14.7 Å². The number of nitrogens with one attached hydrogen (secondary N) is 1. The molecule has 2 amide bonds. The molecule has 1 N–H and O–H groups in total. The van der Waals surface area contributed by atoms with E-state index >= 15 is 0 Å². The summed E-state index contributed by atoms with van der Waals surface area (Å²) in [6.07, 6.45) is 1.73. The zero-order chi connectivity index (χ0) is 17.8. The summed E-state index contributed by atoms with van der Waals surface area (Å²) in [5, 5.41) is 7.35. The first-order chi connectivity index (χ1) is 12.0. The normalized spacial score (nSPS) is 15.2. The van der Waals surface area contributed by atoms with Crippen molar-refractivity contribution >= 4 is 23.4 Å². The Morgan fingerprint density at radius 3 is 2.76 bits per heavy atom. The van der Waals surface area contributed by atoms with Crippen LogP contribution in [0.5, 0.6) is 0 Å². The van der Waals surface area contributed by atoms with Gasteiger partial charge in [-0.05, 0) is 30.9 Å². The minimum absolute atomic E-state index is 0.0188. The average molecular weight is 362 g/mol. The highest BCUT2D eigenvalue weighted by atomic mass is 35.5. The monoisotopic (exact) mass is 361 g/mol. The van der Waals surface area contributed by atoms with Gasteiger partial charge in [-0.1, -0.05) is 28.9 Å². The summed E-state index contributed by atoms with van der Waals surface area (Å²) in [7, 11) is 0. The minimum atomic E-state index is -0.130. The number of hydrogen-bond donors (Lipinski definition) is 1. The number of benzene rings is 1. The Morgan fingerprint density at radius 1 is 1.32 bits per heavy atom. The quantitative estimate of drug-likeness (QED) is 0.908. The van der Waals surface area contributed by atoms with Gasteiger partial charge in [0.05, 0.1) is 0 Å². The molecule has 0 aliphatic carbocycles. The summed E-state index contributed by atoms with van der Waals surface area (Å²) in [5.41, 5.74) is 1.09. The third-order valence-corrected chi connectivity index (χ3v) is 4.61. The Morgan fingerprint density at radius 2 is 2.08 bits per heavy atom. The van der Waals surface area contributed by atoms with E-state index in [-0.39, 0.29) is 11.8 Å². The van der Waals surface area contributed by atoms with Crippen molar-refractivity contribution in [3.8, 4) is 11.3 Å². The largest absolute Gasteiger partial charge is 0.356 e. The molecule has 132 valence electrons. The van der Waals surface area contributed by atoms with Crippen LogP contribution in [-0.2, 0) is 4.79 Å². The van der Waals surface area contributed by atoms with Crippen LogP contribution in [0.15, 0.2) is 34.9 Å². The first-order valence-electron chi connectivity index (χ1n) is 8.29. The lowest BCUT2D eigenvalue weighted by atomic mass is 9.96. The molecule has 0 spiro atoms. The maximum atomic E-state index is 12.6. The Hall–Kier alpha value is -2.34. The number of piperidine rings is 1.